The zero-order valence-corrected chi connectivity index (χ0v) is 8.99. The van der Waals surface area contributed by atoms with Crippen LogP contribution in [0, 0.1) is 5.92 Å². The Balaban J connectivity index is 2.68. The molecule has 0 radical (unpaired) electrons. The number of carboxylic acids is 1. The number of nitrogens with zero attached hydrogens (tertiary/aromatic N) is 1. The number of carboxylic acid groups (broad SMARTS) is 1. The number of carbonyl (C=O) groups excluding carboxylic acids is 1. The quantitative estimate of drug-likeness (QED) is 0.772. The highest BCUT2D eigenvalue weighted by Gasteiger charge is 2.26. The molecule has 0 saturated heterocycles. The first-order chi connectivity index (χ1) is 7.60. The molecule has 1 rings (SSSR count). The summed E-state index contributed by atoms with van der Waals surface area (Å²) in [5.41, 5.74) is 0. The van der Waals surface area contributed by atoms with Crippen LogP contribution in [-0.2, 0) is 14.3 Å². The molecule has 1 amide bonds. The lowest BCUT2D eigenvalue weighted by Gasteiger charge is -2.22. The largest absolute Gasteiger partial charge is 0.479 e. The molecule has 1 atom stereocenters. The van der Waals surface area contributed by atoms with Crippen molar-refractivity contribution in [3.63, 3.8) is 0 Å². The van der Waals surface area contributed by atoms with Crippen molar-refractivity contribution in [2.45, 2.75) is 6.10 Å². The van der Waals surface area contributed by atoms with Crippen LogP contribution in [0.3, 0.4) is 0 Å². The van der Waals surface area contributed by atoms with Crippen LogP contribution in [-0.4, -0.2) is 42.4 Å². The zero-order chi connectivity index (χ0) is 12.1. The van der Waals surface area contributed by atoms with Crippen molar-refractivity contribution in [3.05, 3.63) is 24.6 Å². The maximum absolute atomic E-state index is 11.1. The van der Waals surface area contributed by atoms with Gasteiger partial charge < -0.3 is 14.6 Å². The molecule has 1 heterocycles. The summed E-state index contributed by atoms with van der Waals surface area (Å²) in [4.78, 5) is 23.1. The Kier molecular flexibility index (Phi) is 4.07. The zero-order valence-electron chi connectivity index (χ0n) is 8.99. The number of carbonyl (C=O) groups is 2. The minimum atomic E-state index is -1.05. The minimum absolute atomic E-state index is 0.400. The van der Waals surface area contributed by atoms with Gasteiger partial charge in [-0.05, 0) is 0 Å². The molecule has 1 unspecified atom stereocenters. The van der Waals surface area contributed by atoms with Crippen molar-refractivity contribution in [1.29, 1.82) is 0 Å². The van der Waals surface area contributed by atoms with Gasteiger partial charge in [-0.2, -0.15) is 0 Å². The smallest absolute Gasteiger partial charge is 0.417 e. The van der Waals surface area contributed by atoms with E-state index in [1.807, 2.05) is 0 Å². The van der Waals surface area contributed by atoms with E-state index in [-0.39, 0.29) is 0 Å². The van der Waals surface area contributed by atoms with Crippen LogP contribution in [0.2, 0.25) is 0 Å². The maximum Gasteiger partial charge on any atom is 0.417 e. The fourth-order valence-electron chi connectivity index (χ4n) is 1.35. The summed E-state index contributed by atoms with van der Waals surface area (Å²) in [6.07, 6.45) is 4.55. The van der Waals surface area contributed by atoms with E-state index >= 15 is 0 Å². The molecule has 6 nitrogen and oxygen atoms in total. The predicted molar refractivity (Wildman–Crippen MR) is 54.4 cm³/mol. The van der Waals surface area contributed by atoms with Crippen molar-refractivity contribution in [2.24, 2.45) is 5.92 Å². The first-order valence-electron chi connectivity index (χ1n) is 4.58. The van der Waals surface area contributed by atoms with Gasteiger partial charge in [0.05, 0.1) is 7.11 Å². The minimum Gasteiger partial charge on any atom is -0.479 e. The number of methoxy groups -OCH3 is 2. The van der Waals surface area contributed by atoms with Gasteiger partial charge in [0.2, 0.25) is 0 Å². The van der Waals surface area contributed by atoms with E-state index < -0.39 is 24.1 Å². The SMILES string of the molecule is COC(=O)N1C=CC(C(OC)C(=O)O)C=C1. The Labute approximate surface area is 92.7 Å². The Morgan fingerprint density at radius 3 is 2.25 bits per heavy atom. The Morgan fingerprint density at radius 2 is 1.88 bits per heavy atom. The van der Waals surface area contributed by atoms with Crippen molar-refractivity contribution in [2.75, 3.05) is 14.2 Å². The predicted octanol–water partition coefficient (Wildman–Crippen LogP) is 0.812. The van der Waals surface area contributed by atoms with Gasteiger partial charge in [0, 0.05) is 25.4 Å². The molecule has 16 heavy (non-hydrogen) atoms. The monoisotopic (exact) mass is 227 g/mol. The fraction of sp³-hybridized carbons (Fsp3) is 0.400. The molecule has 0 saturated carbocycles. The van der Waals surface area contributed by atoms with Crippen molar-refractivity contribution in [3.8, 4) is 0 Å². The Hall–Kier alpha value is -1.82. The van der Waals surface area contributed by atoms with Gasteiger partial charge in [0.25, 0.3) is 0 Å². The summed E-state index contributed by atoms with van der Waals surface area (Å²) in [6.45, 7) is 0. The normalized spacial score (nSPS) is 17.2. The molecule has 1 aliphatic rings. The molecular weight excluding hydrogens is 214 g/mol. The third kappa shape index (κ3) is 2.60. The second-order valence-corrected chi connectivity index (χ2v) is 3.13. The second kappa shape index (κ2) is 5.32. The summed E-state index contributed by atoms with van der Waals surface area (Å²) < 4.78 is 9.33. The molecule has 88 valence electrons. The highest BCUT2D eigenvalue weighted by atomic mass is 16.5. The number of amides is 1. The number of aliphatic carboxylic acids is 1. The summed E-state index contributed by atoms with van der Waals surface area (Å²) in [5, 5.41) is 8.85. The van der Waals surface area contributed by atoms with Gasteiger partial charge in [-0.15, -0.1) is 0 Å². The number of ether oxygens (including phenoxy) is 2. The van der Waals surface area contributed by atoms with Crippen LogP contribution < -0.4 is 0 Å². The van der Waals surface area contributed by atoms with Gasteiger partial charge in [-0.1, -0.05) is 12.2 Å². The third-order valence-corrected chi connectivity index (χ3v) is 2.17. The molecule has 0 aromatic carbocycles. The van der Waals surface area contributed by atoms with Gasteiger partial charge >= 0.3 is 12.1 Å². The molecule has 0 spiro atoms. The van der Waals surface area contributed by atoms with Crippen LogP contribution in [0.4, 0.5) is 4.79 Å². The fourth-order valence-corrected chi connectivity index (χ4v) is 1.35. The van der Waals surface area contributed by atoms with E-state index in [9.17, 15) is 9.59 Å². The molecule has 0 aliphatic carbocycles. The molecule has 1 N–H and O–H groups in total. The van der Waals surface area contributed by atoms with Crippen molar-refractivity contribution in [1.82, 2.24) is 4.90 Å². The van der Waals surface area contributed by atoms with E-state index in [1.54, 1.807) is 12.2 Å². The number of hydrogen-bond acceptors (Lipinski definition) is 4. The molecule has 1 aliphatic heterocycles. The van der Waals surface area contributed by atoms with Crippen LogP contribution in [0.25, 0.3) is 0 Å². The van der Waals surface area contributed by atoms with Crippen molar-refractivity contribution >= 4 is 12.1 Å². The lowest BCUT2D eigenvalue weighted by Crippen LogP contribution is -2.32. The number of hydrogen-bond donors (Lipinski definition) is 1. The highest BCUT2D eigenvalue weighted by molar-refractivity contribution is 5.74. The van der Waals surface area contributed by atoms with E-state index in [4.69, 9.17) is 9.84 Å². The van der Waals surface area contributed by atoms with E-state index in [1.165, 1.54) is 31.5 Å². The molecule has 0 aromatic heterocycles. The van der Waals surface area contributed by atoms with Crippen LogP contribution in [0.15, 0.2) is 24.6 Å². The maximum atomic E-state index is 11.1. The number of rotatable bonds is 3. The third-order valence-electron chi connectivity index (χ3n) is 2.17. The molecule has 0 fully saturated rings. The molecular formula is C10H13NO5. The Bertz CT molecular complexity index is 322. The molecule has 0 bridgehead atoms. The van der Waals surface area contributed by atoms with Crippen molar-refractivity contribution < 1.29 is 24.2 Å². The van der Waals surface area contributed by atoms with E-state index in [0.29, 0.717) is 0 Å². The van der Waals surface area contributed by atoms with Gasteiger partial charge in [0.15, 0.2) is 6.10 Å². The van der Waals surface area contributed by atoms with Gasteiger partial charge in [-0.3, -0.25) is 4.90 Å². The average molecular weight is 227 g/mol. The summed E-state index contributed by atoms with van der Waals surface area (Å²) >= 11 is 0. The first-order valence-corrected chi connectivity index (χ1v) is 4.58. The summed E-state index contributed by atoms with van der Waals surface area (Å²) in [6, 6.07) is 0. The van der Waals surface area contributed by atoms with E-state index in [0.717, 1.165) is 0 Å². The summed E-state index contributed by atoms with van der Waals surface area (Å²) in [5.74, 6) is -1.45. The standard InChI is InChI=1S/C10H13NO5/c1-15-8(9(12)13)7-3-5-11(6-4-7)10(14)16-2/h3-8H,1-2H3,(H,12,13). The van der Waals surface area contributed by atoms with Crippen LogP contribution >= 0.6 is 0 Å². The average Bonchev–Trinajstić information content (AvgIpc) is 2.29. The van der Waals surface area contributed by atoms with Gasteiger partial charge in [0.1, 0.15) is 0 Å². The lowest BCUT2D eigenvalue weighted by molar-refractivity contribution is -0.149. The van der Waals surface area contributed by atoms with Crippen LogP contribution in [0.1, 0.15) is 0 Å². The topological polar surface area (TPSA) is 76.1 Å². The second-order valence-electron chi connectivity index (χ2n) is 3.13. The highest BCUT2D eigenvalue weighted by Crippen LogP contribution is 2.17. The molecule has 0 aromatic rings. The van der Waals surface area contributed by atoms with Gasteiger partial charge in [-0.25, -0.2) is 9.59 Å². The Morgan fingerprint density at radius 1 is 1.31 bits per heavy atom. The first kappa shape index (κ1) is 12.3. The van der Waals surface area contributed by atoms with Crippen LogP contribution in [0.5, 0.6) is 0 Å². The lowest BCUT2D eigenvalue weighted by atomic mass is 10.0. The summed E-state index contributed by atoms with van der Waals surface area (Å²) in [7, 11) is 2.60. The molecule has 6 heteroatoms. The van der Waals surface area contributed by atoms with E-state index in [2.05, 4.69) is 4.74 Å².